The molecule has 1 unspecified atom stereocenters. The van der Waals surface area contributed by atoms with E-state index in [-0.39, 0.29) is 11.9 Å². The van der Waals surface area contributed by atoms with E-state index in [0.29, 0.717) is 12.6 Å². The summed E-state index contributed by atoms with van der Waals surface area (Å²) < 4.78 is 0. The highest BCUT2D eigenvalue weighted by Gasteiger charge is 2.31. The van der Waals surface area contributed by atoms with E-state index in [1.165, 1.54) is 19.3 Å². The molecule has 0 spiro atoms. The van der Waals surface area contributed by atoms with Gasteiger partial charge in [-0.1, -0.05) is 24.6 Å². The van der Waals surface area contributed by atoms with Crippen LogP contribution in [0.5, 0.6) is 0 Å². The molecule has 3 N–H and O–H groups in total. The highest BCUT2D eigenvalue weighted by molar-refractivity contribution is 5.94. The number of hydrogen-bond donors (Lipinski definition) is 2. The summed E-state index contributed by atoms with van der Waals surface area (Å²) in [6, 6.07) is 9.99. The fourth-order valence-corrected chi connectivity index (χ4v) is 2.48. The van der Waals surface area contributed by atoms with Gasteiger partial charge < -0.3 is 11.1 Å². The summed E-state index contributed by atoms with van der Waals surface area (Å²) in [4.78, 5) is 14.5. The molecule has 0 bridgehead atoms. The van der Waals surface area contributed by atoms with Gasteiger partial charge in [0.05, 0.1) is 6.04 Å². The van der Waals surface area contributed by atoms with E-state index in [4.69, 9.17) is 5.73 Å². The van der Waals surface area contributed by atoms with Crippen LogP contribution in [0.15, 0.2) is 30.3 Å². The maximum absolute atomic E-state index is 12.3. The number of para-hydroxylation sites is 1. The van der Waals surface area contributed by atoms with E-state index in [2.05, 4.69) is 10.2 Å². The Bertz CT molecular complexity index is 403. The SMILES string of the molecule is CC(C(=O)Nc1ccccc1)N(CCN)C1CCC1. The molecular weight excluding hydrogens is 238 g/mol. The molecule has 1 amide bonds. The molecule has 0 saturated heterocycles. The molecule has 0 radical (unpaired) electrons. The van der Waals surface area contributed by atoms with Crippen molar-refractivity contribution in [3.8, 4) is 0 Å². The molecule has 1 aliphatic rings. The molecule has 1 saturated carbocycles. The van der Waals surface area contributed by atoms with Gasteiger partial charge in [-0.05, 0) is 31.9 Å². The Morgan fingerprint density at radius 3 is 2.63 bits per heavy atom. The number of hydrogen-bond acceptors (Lipinski definition) is 3. The predicted octanol–water partition coefficient (Wildman–Crippen LogP) is 1.83. The van der Waals surface area contributed by atoms with Crippen molar-refractivity contribution in [2.75, 3.05) is 18.4 Å². The first-order valence-electron chi connectivity index (χ1n) is 7.04. The second-order valence-electron chi connectivity index (χ2n) is 5.14. The summed E-state index contributed by atoms with van der Waals surface area (Å²) in [5.41, 5.74) is 6.51. The second-order valence-corrected chi connectivity index (χ2v) is 5.14. The number of anilines is 1. The summed E-state index contributed by atoms with van der Waals surface area (Å²) >= 11 is 0. The number of rotatable bonds is 6. The molecular formula is C15H23N3O. The summed E-state index contributed by atoms with van der Waals surface area (Å²) in [6.07, 6.45) is 3.63. The monoisotopic (exact) mass is 261 g/mol. The maximum Gasteiger partial charge on any atom is 0.241 e. The van der Waals surface area contributed by atoms with E-state index in [0.717, 1.165) is 12.2 Å². The lowest BCUT2D eigenvalue weighted by Gasteiger charge is -2.40. The molecule has 2 rings (SSSR count). The van der Waals surface area contributed by atoms with Gasteiger partial charge in [-0.15, -0.1) is 0 Å². The van der Waals surface area contributed by atoms with Crippen LogP contribution in [0, 0.1) is 0 Å². The van der Waals surface area contributed by atoms with Crippen molar-refractivity contribution in [1.29, 1.82) is 0 Å². The van der Waals surface area contributed by atoms with Crippen LogP contribution >= 0.6 is 0 Å². The molecule has 0 aliphatic heterocycles. The van der Waals surface area contributed by atoms with Gasteiger partial charge in [0, 0.05) is 24.8 Å². The zero-order valence-corrected chi connectivity index (χ0v) is 11.5. The van der Waals surface area contributed by atoms with Gasteiger partial charge in [0.25, 0.3) is 0 Å². The Morgan fingerprint density at radius 1 is 1.42 bits per heavy atom. The topological polar surface area (TPSA) is 58.4 Å². The van der Waals surface area contributed by atoms with Gasteiger partial charge in [-0.25, -0.2) is 0 Å². The largest absolute Gasteiger partial charge is 0.329 e. The van der Waals surface area contributed by atoms with E-state index >= 15 is 0 Å². The zero-order valence-electron chi connectivity index (χ0n) is 11.5. The van der Waals surface area contributed by atoms with Gasteiger partial charge in [-0.3, -0.25) is 9.69 Å². The van der Waals surface area contributed by atoms with Gasteiger partial charge in [0.2, 0.25) is 5.91 Å². The van der Waals surface area contributed by atoms with Crippen molar-refractivity contribution in [2.45, 2.75) is 38.3 Å². The number of amides is 1. The lowest BCUT2D eigenvalue weighted by molar-refractivity contribution is -0.122. The minimum Gasteiger partial charge on any atom is -0.329 e. The first kappa shape index (κ1) is 14.0. The summed E-state index contributed by atoms with van der Waals surface area (Å²) in [5, 5.41) is 2.96. The van der Waals surface area contributed by atoms with Crippen LogP contribution in [0.25, 0.3) is 0 Å². The van der Waals surface area contributed by atoms with Crippen LogP contribution in [-0.2, 0) is 4.79 Å². The molecule has 1 aromatic rings. The third-order valence-electron chi connectivity index (χ3n) is 3.85. The molecule has 1 atom stereocenters. The Kier molecular flexibility index (Phi) is 4.93. The van der Waals surface area contributed by atoms with Gasteiger partial charge >= 0.3 is 0 Å². The van der Waals surface area contributed by atoms with E-state index < -0.39 is 0 Å². The van der Waals surface area contributed by atoms with Crippen molar-refractivity contribution in [3.05, 3.63) is 30.3 Å². The molecule has 1 aromatic carbocycles. The van der Waals surface area contributed by atoms with E-state index in [1.807, 2.05) is 37.3 Å². The Morgan fingerprint density at radius 2 is 2.11 bits per heavy atom. The zero-order chi connectivity index (χ0) is 13.7. The minimum atomic E-state index is -0.131. The van der Waals surface area contributed by atoms with Gasteiger partial charge in [-0.2, -0.15) is 0 Å². The van der Waals surface area contributed by atoms with Gasteiger partial charge in [0.15, 0.2) is 0 Å². The Hall–Kier alpha value is -1.39. The number of nitrogens with one attached hydrogen (secondary N) is 1. The van der Waals surface area contributed by atoms with Crippen LogP contribution in [0.3, 0.4) is 0 Å². The average Bonchev–Trinajstić information content (AvgIpc) is 2.36. The number of benzene rings is 1. The standard InChI is InChI=1S/C15H23N3O/c1-12(18(11-10-16)14-8-5-9-14)15(19)17-13-6-3-2-4-7-13/h2-4,6-7,12,14H,5,8-11,16H2,1H3,(H,17,19). The third kappa shape index (κ3) is 3.55. The molecule has 0 aromatic heterocycles. The van der Waals surface area contributed by atoms with Crippen molar-refractivity contribution >= 4 is 11.6 Å². The van der Waals surface area contributed by atoms with Crippen LogP contribution in [0.4, 0.5) is 5.69 Å². The predicted molar refractivity (Wildman–Crippen MR) is 77.9 cm³/mol. The summed E-state index contributed by atoms with van der Waals surface area (Å²) in [7, 11) is 0. The highest BCUT2D eigenvalue weighted by atomic mass is 16.2. The Balaban J connectivity index is 1.96. The fourth-order valence-electron chi connectivity index (χ4n) is 2.48. The van der Waals surface area contributed by atoms with Crippen molar-refractivity contribution in [1.82, 2.24) is 4.90 Å². The minimum absolute atomic E-state index is 0.0477. The van der Waals surface area contributed by atoms with Crippen LogP contribution < -0.4 is 11.1 Å². The van der Waals surface area contributed by atoms with Crippen LogP contribution in [0.2, 0.25) is 0 Å². The van der Waals surface area contributed by atoms with Crippen molar-refractivity contribution < 1.29 is 4.79 Å². The number of nitrogens with two attached hydrogens (primary N) is 1. The molecule has 19 heavy (non-hydrogen) atoms. The molecule has 4 nitrogen and oxygen atoms in total. The number of nitrogens with zero attached hydrogens (tertiary/aromatic N) is 1. The molecule has 104 valence electrons. The van der Waals surface area contributed by atoms with E-state index in [9.17, 15) is 4.79 Å². The Labute approximate surface area is 115 Å². The third-order valence-corrected chi connectivity index (χ3v) is 3.85. The fraction of sp³-hybridized carbons (Fsp3) is 0.533. The quantitative estimate of drug-likeness (QED) is 0.821. The molecule has 1 aliphatic carbocycles. The first-order chi connectivity index (χ1) is 9.22. The maximum atomic E-state index is 12.3. The normalized spacial score (nSPS) is 17.0. The second kappa shape index (κ2) is 6.68. The summed E-state index contributed by atoms with van der Waals surface area (Å²) in [5.74, 6) is 0.0477. The molecule has 1 fully saturated rings. The van der Waals surface area contributed by atoms with E-state index in [1.54, 1.807) is 0 Å². The summed E-state index contributed by atoms with van der Waals surface area (Å²) in [6.45, 7) is 3.35. The highest BCUT2D eigenvalue weighted by Crippen LogP contribution is 2.26. The van der Waals surface area contributed by atoms with Crippen LogP contribution in [-0.4, -0.2) is 36.0 Å². The van der Waals surface area contributed by atoms with Crippen molar-refractivity contribution in [2.24, 2.45) is 5.73 Å². The van der Waals surface area contributed by atoms with Gasteiger partial charge in [0.1, 0.15) is 0 Å². The van der Waals surface area contributed by atoms with Crippen LogP contribution in [0.1, 0.15) is 26.2 Å². The smallest absolute Gasteiger partial charge is 0.241 e. The van der Waals surface area contributed by atoms with Crippen molar-refractivity contribution in [3.63, 3.8) is 0 Å². The lowest BCUT2D eigenvalue weighted by Crippen LogP contribution is -2.52. The molecule has 0 heterocycles. The molecule has 4 heteroatoms. The first-order valence-corrected chi connectivity index (χ1v) is 7.04. The number of carbonyl (C=O) groups excluding carboxylic acids is 1. The average molecular weight is 261 g/mol. The number of carbonyl (C=O) groups is 1. The lowest BCUT2D eigenvalue weighted by atomic mass is 9.90.